The fraction of sp³-hybridized carbons (Fsp3) is 0.318. The molecule has 0 radical (unpaired) electrons. The third kappa shape index (κ3) is 2.90. The van der Waals surface area contributed by atoms with Crippen molar-refractivity contribution in [2.45, 2.75) is 13.3 Å². The number of rotatable bonds is 4. The van der Waals surface area contributed by atoms with Gasteiger partial charge in [0.15, 0.2) is 5.82 Å². The summed E-state index contributed by atoms with van der Waals surface area (Å²) in [5, 5.41) is 0. The van der Waals surface area contributed by atoms with Crippen LogP contribution in [0.1, 0.15) is 40.8 Å². The van der Waals surface area contributed by atoms with Crippen LogP contribution in [-0.4, -0.2) is 53.5 Å². The highest BCUT2D eigenvalue weighted by Gasteiger charge is 2.31. The molecule has 6 heteroatoms. The molecule has 0 spiro atoms. The molecule has 144 valence electrons. The average Bonchev–Trinajstić information content (AvgIpc) is 2.99. The summed E-state index contributed by atoms with van der Waals surface area (Å²) in [5.41, 5.74) is 2.82. The molecule has 28 heavy (non-hydrogen) atoms. The molecule has 0 saturated carbocycles. The number of aromatic nitrogens is 2. The summed E-state index contributed by atoms with van der Waals surface area (Å²) in [6.45, 7) is 9.59. The van der Waals surface area contributed by atoms with E-state index in [9.17, 15) is 9.59 Å². The van der Waals surface area contributed by atoms with Crippen LogP contribution in [0.15, 0.2) is 35.6 Å². The summed E-state index contributed by atoms with van der Waals surface area (Å²) in [5.74, 6) is -0.0318. The van der Waals surface area contributed by atoms with Gasteiger partial charge in [0.05, 0.1) is 22.5 Å². The highest BCUT2D eigenvalue weighted by atomic mass is 16.1. The number of fused-ring (bicyclic) bond motifs is 3. The van der Waals surface area contributed by atoms with Crippen LogP contribution in [0.25, 0.3) is 17.8 Å². The topological polar surface area (TPSA) is 58.4 Å². The number of carbonyl (C=O) groups excluding carboxylic acids is 1. The predicted molar refractivity (Wildman–Crippen MR) is 112 cm³/mol. The second kappa shape index (κ2) is 7.20. The van der Waals surface area contributed by atoms with E-state index in [1.54, 1.807) is 6.08 Å². The molecule has 2 aliphatic rings. The zero-order chi connectivity index (χ0) is 19.8. The fourth-order valence-corrected chi connectivity index (χ4v) is 3.75. The first-order valence-electron chi connectivity index (χ1n) is 9.63. The number of nitrogens with zero attached hydrogens (tertiary/aromatic N) is 4. The summed E-state index contributed by atoms with van der Waals surface area (Å²) < 4.78 is 1.44. The van der Waals surface area contributed by atoms with Crippen LogP contribution in [0.2, 0.25) is 0 Å². The number of piperazine rings is 1. The first kappa shape index (κ1) is 18.4. The summed E-state index contributed by atoms with van der Waals surface area (Å²) in [7, 11) is 2.11. The SMILES string of the molecule is C=Cc1c(/C=C\CC)nc2n(c1=O)-c1cc(N3CCN(C)CC3)ccc1C2=O. The molecular weight excluding hydrogens is 352 g/mol. The molecule has 0 N–H and O–H groups in total. The Kier molecular flexibility index (Phi) is 4.73. The largest absolute Gasteiger partial charge is 0.369 e. The van der Waals surface area contributed by atoms with Crippen molar-refractivity contribution in [1.82, 2.24) is 14.5 Å². The minimum absolute atomic E-state index is 0.178. The van der Waals surface area contributed by atoms with E-state index in [0.29, 0.717) is 22.5 Å². The van der Waals surface area contributed by atoms with E-state index in [4.69, 9.17) is 0 Å². The highest BCUT2D eigenvalue weighted by Crippen LogP contribution is 2.30. The number of hydrogen-bond acceptors (Lipinski definition) is 5. The van der Waals surface area contributed by atoms with Crippen LogP contribution < -0.4 is 10.5 Å². The zero-order valence-corrected chi connectivity index (χ0v) is 16.3. The molecule has 2 aliphatic heterocycles. The van der Waals surface area contributed by atoms with E-state index in [0.717, 1.165) is 38.3 Å². The third-order valence-corrected chi connectivity index (χ3v) is 5.40. The van der Waals surface area contributed by atoms with E-state index in [2.05, 4.69) is 28.4 Å². The van der Waals surface area contributed by atoms with Crippen molar-refractivity contribution in [3.63, 3.8) is 0 Å². The number of allylic oxidation sites excluding steroid dienone is 1. The maximum Gasteiger partial charge on any atom is 0.266 e. The fourth-order valence-electron chi connectivity index (χ4n) is 3.75. The molecule has 0 unspecified atom stereocenters. The van der Waals surface area contributed by atoms with Gasteiger partial charge >= 0.3 is 0 Å². The number of hydrogen-bond donors (Lipinski definition) is 0. The van der Waals surface area contributed by atoms with Crippen LogP contribution in [0.4, 0.5) is 5.69 Å². The standard InChI is InChI=1S/C22H24N4O2/c1-4-6-7-18-16(5-2)22(28)26-19-14-15(25-12-10-24(3)11-13-25)8-9-17(19)20(27)21(26)23-18/h5-9,14H,2,4,10-13H2,1,3H3/b7-6-. The molecule has 0 bridgehead atoms. The molecule has 1 aromatic carbocycles. The quantitative estimate of drug-likeness (QED) is 0.701. The van der Waals surface area contributed by atoms with E-state index in [1.165, 1.54) is 10.6 Å². The average molecular weight is 376 g/mol. The van der Waals surface area contributed by atoms with Gasteiger partial charge in [-0.15, -0.1) is 0 Å². The first-order chi connectivity index (χ1) is 13.5. The Balaban J connectivity index is 1.84. The Hall–Kier alpha value is -2.99. The van der Waals surface area contributed by atoms with Crippen LogP contribution in [0, 0.1) is 0 Å². The van der Waals surface area contributed by atoms with Gasteiger partial charge < -0.3 is 9.80 Å². The highest BCUT2D eigenvalue weighted by molar-refractivity contribution is 6.13. The van der Waals surface area contributed by atoms with Gasteiger partial charge in [0.2, 0.25) is 5.78 Å². The lowest BCUT2D eigenvalue weighted by atomic mass is 10.1. The second-order valence-corrected chi connectivity index (χ2v) is 7.21. The van der Waals surface area contributed by atoms with Gasteiger partial charge in [0, 0.05) is 31.9 Å². The van der Waals surface area contributed by atoms with Gasteiger partial charge in [-0.1, -0.05) is 25.7 Å². The maximum atomic E-state index is 13.2. The number of likely N-dealkylation sites (N-methyl/N-ethyl adjacent to an activating group) is 1. The molecule has 2 aromatic rings. The van der Waals surface area contributed by atoms with Crippen molar-refractivity contribution in [3.05, 3.63) is 63.9 Å². The van der Waals surface area contributed by atoms with Gasteiger partial charge in [-0.2, -0.15) is 0 Å². The molecule has 0 aliphatic carbocycles. The van der Waals surface area contributed by atoms with Crippen LogP contribution in [0.3, 0.4) is 0 Å². The van der Waals surface area contributed by atoms with Crippen molar-refractivity contribution >= 4 is 23.6 Å². The van der Waals surface area contributed by atoms with Gasteiger partial charge in [0.25, 0.3) is 5.56 Å². The number of ketones is 1. The minimum atomic E-state index is -0.251. The summed E-state index contributed by atoms with van der Waals surface area (Å²) in [6, 6.07) is 5.71. The smallest absolute Gasteiger partial charge is 0.266 e. The molecule has 3 heterocycles. The monoisotopic (exact) mass is 376 g/mol. The number of benzene rings is 1. The normalized spacial score (nSPS) is 16.5. The van der Waals surface area contributed by atoms with E-state index in [-0.39, 0.29) is 17.2 Å². The van der Waals surface area contributed by atoms with Gasteiger partial charge in [-0.3, -0.25) is 14.2 Å². The molecule has 1 aromatic heterocycles. The van der Waals surface area contributed by atoms with Crippen molar-refractivity contribution in [1.29, 1.82) is 0 Å². The summed E-state index contributed by atoms with van der Waals surface area (Å²) in [4.78, 5) is 35.1. The molecule has 1 saturated heterocycles. The molecule has 4 rings (SSSR count). The molecule has 1 fully saturated rings. The predicted octanol–water partition coefficient (Wildman–Crippen LogP) is 2.59. The Morgan fingerprint density at radius 2 is 1.93 bits per heavy atom. The number of carbonyl (C=O) groups is 1. The minimum Gasteiger partial charge on any atom is -0.369 e. The lowest BCUT2D eigenvalue weighted by molar-refractivity contribution is 0.103. The third-order valence-electron chi connectivity index (χ3n) is 5.40. The van der Waals surface area contributed by atoms with Crippen molar-refractivity contribution in [2.24, 2.45) is 0 Å². The van der Waals surface area contributed by atoms with Crippen LogP contribution in [0.5, 0.6) is 0 Å². The lowest BCUT2D eigenvalue weighted by Crippen LogP contribution is -2.44. The number of anilines is 1. The Bertz CT molecular complexity index is 1040. The lowest BCUT2D eigenvalue weighted by Gasteiger charge is -2.34. The zero-order valence-electron chi connectivity index (χ0n) is 16.3. The van der Waals surface area contributed by atoms with E-state index >= 15 is 0 Å². The van der Waals surface area contributed by atoms with E-state index < -0.39 is 0 Å². The van der Waals surface area contributed by atoms with Gasteiger partial charge in [0.1, 0.15) is 0 Å². The molecule has 6 nitrogen and oxygen atoms in total. The Morgan fingerprint density at radius 3 is 2.61 bits per heavy atom. The van der Waals surface area contributed by atoms with Crippen molar-refractivity contribution < 1.29 is 4.79 Å². The Morgan fingerprint density at radius 1 is 1.18 bits per heavy atom. The molecular formula is C22H24N4O2. The first-order valence-corrected chi connectivity index (χ1v) is 9.63. The van der Waals surface area contributed by atoms with Gasteiger partial charge in [-0.05, 0) is 37.7 Å². The van der Waals surface area contributed by atoms with Crippen molar-refractivity contribution in [2.75, 3.05) is 38.1 Å². The molecule has 0 atom stereocenters. The second-order valence-electron chi connectivity index (χ2n) is 7.21. The van der Waals surface area contributed by atoms with Crippen LogP contribution >= 0.6 is 0 Å². The molecule has 0 amide bonds. The summed E-state index contributed by atoms with van der Waals surface area (Å²) in [6.07, 6.45) is 6.04. The summed E-state index contributed by atoms with van der Waals surface area (Å²) >= 11 is 0. The van der Waals surface area contributed by atoms with E-state index in [1.807, 2.05) is 31.2 Å². The Labute approximate surface area is 164 Å². The van der Waals surface area contributed by atoms with Crippen LogP contribution in [-0.2, 0) is 0 Å². The maximum absolute atomic E-state index is 13.2. The van der Waals surface area contributed by atoms with Crippen molar-refractivity contribution in [3.8, 4) is 5.69 Å². The van der Waals surface area contributed by atoms with Gasteiger partial charge in [-0.25, -0.2) is 4.98 Å².